The first kappa shape index (κ1) is 23.1. The normalized spacial score (nSPS) is 19.4. The van der Waals surface area contributed by atoms with Crippen molar-refractivity contribution >= 4 is 39.6 Å². The number of nitrogens with zero attached hydrogens (tertiary/aromatic N) is 4. The number of nitrogens with two attached hydrogens (primary N) is 1. The number of carbonyl (C=O) groups excluding carboxylic acids is 1. The fourth-order valence-corrected chi connectivity index (χ4v) is 6.76. The third kappa shape index (κ3) is 4.25. The molecule has 2 saturated heterocycles. The van der Waals surface area contributed by atoms with Crippen LogP contribution in [0.25, 0.3) is 21.5 Å². The minimum absolute atomic E-state index is 0. The Hall–Kier alpha value is -2.71. The molecule has 7 nitrogen and oxygen atoms in total. The molecule has 2 fully saturated rings. The van der Waals surface area contributed by atoms with Crippen molar-refractivity contribution in [2.75, 3.05) is 26.2 Å². The first-order valence-corrected chi connectivity index (χ1v) is 13.2. The molecule has 1 atom stereocenters. The fraction of sp³-hybridized carbons (Fsp3) is 0.500. The lowest BCUT2D eigenvalue weighted by Crippen LogP contribution is -2.42. The summed E-state index contributed by atoms with van der Waals surface area (Å²) >= 11 is 1.63. The number of aryl methyl sites for hydroxylation is 1. The highest BCUT2D eigenvalue weighted by Crippen LogP contribution is 2.41. The molecule has 0 radical (unpaired) electrons. The first-order chi connectivity index (χ1) is 16.5. The molecule has 0 saturated carbocycles. The Labute approximate surface area is 206 Å². The van der Waals surface area contributed by atoms with Crippen molar-refractivity contribution in [1.29, 1.82) is 0 Å². The van der Waals surface area contributed by atoms with E-state index in [1.165, 1.54) is 42.5 Å². The molecule has 0 aliphatic carbocycles. The van der Waals surface area contributed by atoms with E-state index in [9.17, 15) is 4.79 Å². The Kier molecular flexibility index (Phi) is 6.44. The summed E-state index contributed by atoms with van der Waals surface area (Å²) in [5.74, 6) is 1.13. The van der Waals surface area contributed by atoms with Crippen molar-refractivity contribution in [2.24, 2.45) is 10.7 Å². The Morgan fingerprint density at radius 3 is 2.82 bits per heavy atom. The van der Waals surface area contributed by atoms with Gasteiger partial charge in [-0.05, 0) is 74.9 Å². The number of thiophene rings is 1. The number of fused-ring (bicyclic) bond motifs is 1. The number of H-pyrrole nitrogens is 1. The minimum atomic E-state index is 0. The average molecular weight is 481 g/mol. The van der Waals surface area contributed by atoms with Gasteiger partial charge in [0.15, 0.2) is 5.82 Å². The average Bonchev–Trinajstić information content (AvgIpc) is 3.59. The number of aromatic amines is 1. The van der Waals surface area contributed by atoms with Gasteiger partial charge in [-0.1, -0.05) is 13.8 Å². The van der Waals surface area contributed by atoms with Crippen LogP contribution in [-0.4, -0.2) is 64.2 Å². The highest BCUT2D eigenvalue weighted by Gasteiger charge is 2.32. The lowest BCUT2D eigenvalue weighted by Gasteiger charge is -2.28. The van der Waals surface area contributed by atoms with Crippen molar-refractivity contribution in [3.63, 3.8) is 0 Å². The SMILES string of the molecule is Cc1cc(-c2[nH]c3cc(C(=O)N4CCC[C@H]4CN4CCCC4)sc3c2C(C)C)cnc1N=CN.[HH]. The predicted octanol–water partition coefficient (Wildman–Crippen LogP) is 5.29. The van der Waals surface area contributed by atoms with Gasteiger partial charge in [-0.3, -0.25) is 4.79 Å². The monoisotopic (exact) mass is 480 g/mol. The van der Waals surface area contributed by atoms with Gasteiger partial charge in [0.05, 0.1) is 27.1 Å². The van der Waals surface area contributed by atoms with Crippen molar-refractivity contribution < 1.29 is 6.22 Å². The molecule has 2 aliphatic heterocycles. The maximum Gasteiger partial charge on any atom is 0.264 e. The van der Waals surface area contributed by atoms with Crippen LogP contribution in [0.5, 0.6) is 0 Å². The van der Waals surface area contributed by atoms with Crippen LogP contribution in [0, 0.1) is 6.92 Å². The number of likely N-dealkylation sites (tertiary alicyclic amines) is 2. The van der Waals surface area contributed by atoms with Gasteiger partial charge >= 0.3 is 0 Å². The van der Waals surface area contributed by atoms with E-state index in [1.807, 2.05) is 13.1 Å². The zero-order chi connectivity index (χ0) is 23.8. The molecule has 0 aromatic carbocycles. The largest absolute Gasteiger partial charge is 0.390 e. The van der Waals surface area contributed by atoms with Crippen molar-refractivity contribution in [2.45, 2.75) is 58.4 Å². The van der Waals surface area contributed by atoms with Crippen molar-refractivity contribution in [1.82, 2.24) is 19.8 Å². The van der Waals surface area contributed by atoms with Gasteiger partial charge < -0.3 is 20.5 Å². The highest BCUT2D eigenvalue weighted by atomic mass is 32.1. The molecule has 3 aromatic rings. The number of hydrogen-bond acceptors (Lipinski definition) is 5. The summed E-state index contributed by atoms with van der Waals surface area (Å²) in [6, 6.07) is 4.49. The van der Waals surface area contributed by atoms with Crippen molar-refractivity contribution in [3.05, 3.63) is 34.3 Å². The van der Waals surface area contributed by atoms with Crippen LogP contribution in [-0.2, 0) is 0 Å². The van der Waals surface area contributed by atoms with E-state index in [2.05, 4.69) is 50.7 Å². The van der Waals surface area contributed by atoms with Gasteiger partial charge in [-0.25, -0.2) is 9.98 Å². The molecule has 182 valence electrons. The number of pyridine rings is 1. The van der Waals surface area contributed by atoms with Gasteiger partial charge in [0.1, 0.15) is 0 Å². The van der Waals surface area contributed by atoms with Gasteiger partial charge in [0, 0.05) is 32.3 Å². The number of hydrogen-bond donors (Lipinski definition) is 2. The molecule has 8 heteroatoms. The number of aromatic nitrogens is 2. The lowest BCUT2D eigenvalue weighted by atomic mass is 9.99. The van der Waals surface area contributed by atoms with Crippen LogP contribution in [0.3, 0.4) is 0 Å². The van der Waals surface area contributed by atoms with Crippen molar-refractivity contribution in [3.8, 4) is 11.3 Å². The van der Waals surface area contributed by atoms with E-state index in [0.717, 1.165) is 53.1 Å². The van der Waals surface area contributed by atoms with Gasteiger partial charge in [-0.2, -0.15) is 0 Å². The lowest BCUT2D eigenvalue weighted by molar-refractivity contribution is 0.0713. The number of rotatable bonds is 6. The first-order valence-electron chi connectivity index (χ1n) is 12.4. The Bertz CT molecular complexity index is 1230. The molecule has 0 unspecified atom stereocenters. The molecule has 34 heavy (non-hydrogen) atoms. The second kappa shape index (κ2) is 9.50. The van der Waals surface area contributed by atoms with E-state index in [1.54, 1.807) is 11.3 Å². The number of nitrogens with one attached hydrogen (secondary N) is 1. The summed E-state index contributed by atoms with van der Waals surface area (Å²) < 4.78 is 1.17. The molecule has 0 spiro atoms. The van der Waals surface area contributed by atoms with Crippen LogP contribution in [0.15, 0.2) is 23.3 Å². The molecule has 2 aliphatic rings. The molecule has 1 amide bonds. The summed E-state index contributed by atoms with van der Waals surface area (Å²) in [6.07, 6.45) is 7.90. The van der Waals surface area contributed by atoms with E-state index < -0.39 is 0 Å². The van der Waals surface area contributed by atoms with Crippen LogP contribution in [0.4, 0.5) is 5.82 Å². The summed E-state index contributed by atoms with van der Waals surface area (Å²) in [5, 5.41) is 0. The molecule has 3 N–H and O–H groups in total. The molecule has 3 aromatic heterocycles. The Morgan fingerprint density at radius 1 is 1.32 bits per heavy atom. The standard InChI is InChI=1S/C26H34N6OS.H2/c1-16(2)22-23(18-11-17(3)25(28-13-18)29-15-27)30-20-12-21(34-24(20)22)26(33)32-10-6-7-19(32)14-31-8-4-5-9-31;/h11-13,15-16,19,30H,4-10,14H2,1-3H3,(H2,27,28,29);1H/t19-;/m0./s1. The minimum Gasteiger partial charge on any atom is -0.390 e. The molecule has 5 heterocycles. The van der Waals surface area contributed by atoms with E-state index in [0.29, 0.717) is 17.8 Å². The Morgan fingerprint density at radius 2 is 2.12 bits per heavy atom. The third-order valence-electron chi connectivity index (χ3n) is 7.14. The second-order valence-corrected chi connectivity index (χ2v) is 10.9. The third-order valence-corrected chi connectivity index (χ3v) is 8.29. The zero-order valence-corrected chi connectivity index (χ0v) is 21.1. The maximum absolute atomic E-state index is 13.5. The molecule has 0 bridgehead atoms. The van der Waals surface area contributed by atoms with E-state index >= 15 is 0 Å². The topological polar surface area (TPSA) is 90.6 Å². The van der Waals surface area contributed by atoms with Crippen LogP contribution < -0.4 is 5.73 Å². The second-order valence-electron chi connectivity index (χ2n) is 9.87. The van der Waals surface area contributed by atoms with Gasteiger partial charge in [0.2, 0.25) is 0 Å². The molecular weight excluding hydrogens is 444 g/mol. The highest BCUT2D eigenvalue weighted by molar-refractivity contribution is 7.21. The smallest absolute Gasteiger partial charge is 0.264 e. The van der Waals surface area contributed by atoms with E-state index in [-0.39, 0.29) is 7.33 Å². The summed E-state index contributed by atoms with van der Waals surface area (Å²) in [7, 11) is 0. The maximum atomic E-state index is 13.5. The van der Waals surface area contributed by atoms with Crippen LogP contribution in [0.1, 0.15) is 67.7 Å². The quantitative estimate of drug-likeness (QED) is 0.371. The predicted molar refractivity (Wildman–Crippen MR) is 142 cm³/mol. The summed E-state index contributed by atoms with van der Waals surface area (Å²) in [6.45, 7) is 10.6. The number of aliphatic imine (C=N–C) groups is 1. The molecule has 5 rings (SSSR count). The Balaban J connectivity index is 0.00000289. The molecular formula is C26H36N6OS. The number of carbonyl (C=O) groups is 1. The van der Waals surface area contributed by atoms with Gasteiger partial charge in [0.25, 0.3) is 5.91 Å². The van der Waals surface area contributed by atoms with Gasteiger partial charge in [-0.15, -0.1) is 11.3 Å². The zero-order valence-electron chi connectivity index (χ0n) is 20.3. The fourth-order valence-electron chi connectivity index (χ4n) is 5.49. The van der Waals surface area contributed by atoms with E-state index in [4.69, 9.17) is 5.73 Å². The summed E-state index contributed by atoms with van der Waals surface area (Å²) in [4.78, 5) is 31.3. The van der Waals surface area contributed by atoms with Crippen LogP contribution in [0.2, 0.25) is 0 Å². The summed E-state index contributed by atoms with van der Waals surface area (Å²) in [5.41, 5.74) is 10.8. The number of amides is 1. The van der Waals surface area contributed by atoms with Crippen LogP contribution >= 0.6 is 11.3 Å².